The summed E-state index contributed by atoms with van der Waals surface area (Å²) < 4.78 is 30.3. The lowest BCUT2D eigenvalue weighted by atomic mass is 9.87. The van der Waals surface area contributed by atoms with Crippen LogP contribution in [0.5, 0.6) is 0 Å². The number of nitrogens with one attached hydrogen (secondary N) is 1. The van der Waals surface area contributed by atoms with Crippen LogP contribution in [0, 0.1) is 12.8 Å². The first-order valence-corrected chi connectivity index (χ1v) is 11.4. The molecule has 0 amide bonds. The van der Waals surface area contributed by atoms with E-state index < -0.39 is 5.92 Å². The van der Waals surface area contributed by atoms with Crippen LogP contribution in [-0.2, 0) is 7.05 Å². The quantitative estimate of drug-likeness (QED) is 0.429. The van der Waals surface area contributed by atoms with Crippen LogP contribution in [0.1, 0.15) is 42.5 Å². The maximum absolute atomic E-state index is 13.4. The van der Waals surface area contributed by atoms with Crippen molar-refractivity contribution in [1.29, 1.82) is 0 Å². The van der Waals surface area contributed by atoms with E-state index in [-0.39, 0.29) is 18.8 Å². The number of hydrogen-bond acceptors (Lipinski definition) is 5. The van der Waals surface area contributed by atoms with E-state index in [0.29, 0.717) is 25.3 Å². The standard InChI is InChI=1S/C25H27F2N7/c1-16(19-6-9-34-23(10-19)22(14-31-34)20-12-30-33(3)15-20)21-13-29-24(32-17(21)2)28-11-18-4-7-25(26,27)8-5-18/h6,9-10,12-15,18H,1,4-5,7-8,11H2,2-3H3,(H,28,29,32). The monoisotopic (exact) mass is 463 g/mol. The molecule has 0 radical (unpaired) electrons. The number of anilines is 1. The van der Waals surface area contributed by atoms with Crippen molar-refractivity contribution >= 4 is 17.0 Å². The molecular formula is C25H27F2N7. The molecule has 176 valence electrons. The molecule has 4 heterocycles. The molecule has 0 saturated heterocycles. The van der Waals surface area contributed by atoms with Gasteiger partial charge in [0.1, 0.15) is 0 Å². The normalized spacial score (nSPS) is 16.1. The summed E-state index contributed by atoms with van der Waals surface area (Å²) >= 11 is 0. The van der Waals surface area contributed by atoms with E-state index in [1.165, 1.54) is 0 Å². The van der Waals surface area contributed by atoms with E-state index in [1.807, 2.05) is 49.3 Å². The molecule has 0 aliphatic heterocycles. The Kier molecular flexibility index (Phi) is 5.63. The van der Waals surface area contributed by atoms with Gasteiger partial charge in [-0.15, -0.1) is 0 Å². The van der Waals surface area contributed by atoms with Crippen LogP contribution in [0.3, 0.4) is 0 Å². The molecule has 5 rings (SSSR count). The second-order valence-corrected chi connectivity index (χ2v) is 9.06. The smallest absolute Gasteiger partial charge is 0.248 e. The van der Waals surface area contributed by atoms with Gasteiger partial charge in [0.05, 0.1) is 23.6 Å². The molecule has 0 aromatic carbocycles. The minimum atomic E-state index is -2.51. The van der Waals surface area contributed by atoms with Gasteiger partial charge in [-0.25, -0.2) is 23.3 Å². The van der Waals surface area contributed by atoms with Crippen molar-refractivity contribution in [3.63, 3.8) is 0 Å². The van der Waals surface area contributed by atoms with E-state index in [9.17, 15) is 8.78 Å². The average molecular weight is 464 g/mol. The number of aromatic nitrogens is 6. The number of alkyl halides is 2. The minimum Gasteiger partial charge on any atom is -0.354 e. The van der Waals surface area contributed by atoms with Crippen LogP contribution in [0.15, 0.2) is 49.7 Å². The molecule has 9 heteroatoms. The molecule has 1 saturated carbocycles. The third kappa shape index (κ3) is 4.42. The largest absolute Gasteiger partial charge is 0.354 e. The molecule has 4 aromatic heterocycles. The SMILES string of the molecule is C=C(c1ccn2ncc(-c3cnn(C)c3)c2c1)c1cnc(NCC2CCC(F)(F)CC2)nc1C. The van der Waals surface area contributed by atoms with Crippen LogP contribution in [0.2, 0.25) is 0 Å². The maximum atomic E-state index is 13.4. The predicted octanol–water partition coefficient (Wildman–Crippen LogP) is 5.13. The number of hydrogen-bond donors (Lipinski definition) is 1. The van der Waals surface area contributed by atoms with Crippen LogP contribution in [0.25, 0.3) is 22.2 Å². The Morgan fingerprint density at radius 1 is 1.21 bits per heavy atom. The molecule has 0 unspecified atom stereocenters. The van der Waals surface area contributed by atoms with Crippen molar-refractivity contribution in [2.75, 3.05) is 11.9 Å². The van der Waals surface area contributed by atoms with Gasteiger partial charge in [-0.05, 0) is 49.0 Å². The third-order valence-electron chi connectivity index (χ3n) is 6.58. The molecule has 1 N–H and O–H groups in total. The first-order valence-electron chi connectivity index (χ1n) is 11.4. The van der Waals surface area contributed by atoms with Crippen LogP contribution in [-0.4, -0.2) is 41.8 Å². The highest BCUT2D eigenvalue weighted by molar-refractivity contribution is 5.85. The van der Waals surface area contributed by atoms with Gasteiger partial charge in [0.2, 0.25) is 11.9 Å². The van der Waals surface area contributed by atoms with E-state index in [2.05, 4.69) is 38.1 Å². The third-order valence-corrected chi connectivity index (χ3v) is 6.58. The zero-order valence-corrected chi connectivity index (χ0v) is 19.3. The summed E-state index contributed by atoms with van der Waals surface area (Å²) in [7, 11) is 1.89. The van der Waals surface area contributed by atoms with Crippen molar-refractivity contribution in [2.24, 2.45) is 13.0 Å². The highest BCUT2D eigenvalue weighted by Gasteiger charge is 2.34. The van der Waals surface area contributed by atoms with Gasteiger partial charge in [0.15, 0.2) is 0 Å². The molecule has 1 aliphatic rings. The second kappa shape index (κ2) is 8.62. The molecule has 0 bridgehead atoms. The summed E-state index contributed by atoms with van der Waals surface area (Å²) in [5.74, 6) is -1.78. The van der Waals surface area contributed by atoms with Crippen molar-refractivity contribution < 1.29 is 8.78 Å². The molecule has 34 heavy (non-hydrogen) atoms. The van der Waals surface area contributed by atoms with Crippen molar-refractivity contribution in [3.8, 4) is 11.1 Å². The number of fused-ring (bicyclic) bond motifs is 1. The van der Waals surface area contributed by atoms with E-state index in [1.54, 1.807) is 10.9 Å². The number of halogens is 2. The molecular weight excluding hydrogens is 436 g/mol. The van der Waals surface area contributed by atoms with Crippen molar-refractivity contribution in [3.05, 3.63) is 66.5 Å². The zero-order chi connectivity index (χ0) is 23.9. The van der Waals surface area contributed by atoms with Gasteiger partial charge in [0, 0.05) is 61.7 Å². The maximum Gasteiger partial charge on any atom is 0.248 e. The Hall–Kier alpha value is -3.62. The van der Waals surface area contributed by atoms with Gasteiger partial charge in [0.25, 0.3) is 0 Å². The first-order chi connectivity index (χ1) is 16.3. The van der Waals surface area contributed by atoms with Crippen molar-refractivity contribution in [1.82, 2.24) is 29.4 Å². The highest BCUT2D eigenvalue weighted by atomic mass is 19.3. The lowest BCUT2D eigenvalue weighted by Crippen LogP contribution is -2.28. The van der Waals surface area contributed by atoms with Crippen LogP contribution >= 0.6 is 0 Å². The lowest BCUT2D eigenvalue weighted by Gasteiger charge is -2.28. The number of nitrogens with zero attached hydrogens (tertiary/aromatic N) is 6. The molecule has 4 aromatic rings. The summed E-state index contributed by atoms with van der Waals surface area (Å²) in [6, 6.07) is 4.03. The predicted molar refractivity (Wildman–Crippen MR) is 128 cm³/mol. The van der Waals surface area contributed by atoms with Gasteiger partial charge in [-0.2, -0.15) is 10.2 Å². The fourth-order valence-electron chi connectivity index (χ4n) is 4.49. The molecule has 0 atom stereocenters. The van der Waals surface area contributed by atoms with Gasteiger partial charge in [-0.3, -0.25) is 4.68 Å². The fraction of sp³-hybridized carbons (Fsp3) is 0.360. The number of rotatable bonds is 6. The summed E-state index contributed by atoms with van der Waals surface area (Å²) in [6.07, 6.45) is 10.3. The van der Waals surface area contributed by atoms with E-state index >= 15 is 0 Å². The minimum absolute atomic E-state index is 0.0397. The number of aryl methyl sites for hydroxylation is 2. The Bertz CT molecular complexity index is 1340. The molecule has 0 spiro atoms. The van der Waals surface area contributed by atoms with Crippen LogP contribution < -0.4 is 5.32 Å². The second-order valence-electron chi connectivity index (χ2n) is 9.06. The topological polar surface area (TPSA) is 72.9 Å². The molecule has 1 fully saturated rings. The Morgan fingerprint density at radius 2 is 2.00 bits per heavy atom. The van der Waals surface area contributed by atoms with Gasteiger partial charge in [-0.1, -0.05) is 6.58 Å². The highest BCUT2D eigenvalue weighted by Crippen LogP contribution is 2.36. The summed E-state index contributed by atoms with van der Waals surface area (Å²) in [5, 5.41) is 11.9. The van der Waals surface area contributed by atoms with Crippen molar-refractivity contribution in [2.45, 2.75) is 38.5 Å². The Morgan fingerprint density at radius 3 is 2.71 bits per heavy atom. The molecule has 1 aliphatic carbocycles. The summed E-state index contributed by atoms with van der Waals surface area (Å²) in [5.41, 5.74) is 6.38. The lowest BCUT2D eigenvalue weighted by molar-refractivity contribution is -0.0443. The van der Waals surface area contributed by atoms with Crippen LogP contribution in [0.4, 0.5) is 14.7 Å². The van der Waals surface area contributed by atoms with Gasteiger partial charge < -0.3 is 5.32 Å². The first kappa shape index (κ1) is 22.2. The van der Waals surface area contributed by atoms with Gasteiger partial charge >= 0.3 is 0 Å². The Balaban J connectivity index is 1.32. The Labute approximate surface area is 196 Å². The molecule has 7 nitrogen and oxygen atoms in total. The summed E-state index contributed by atoms with van der Waals surface area (Å²) in [4.78, 5) is 9.05. The zero-order valence-electron chi connectivity index (χ0n) is 19.3. The van der Waals surface area contributed by atoms with E-state index in [0.717, 1.165) is 39.0 Å². The van der Waals surface area contributed by atoms with E-state index in [4.69, 9.17) is 0 Å². The fourth-order valence-corrected chi connectivity index (χ4v) is 4.49. The summed E-state index contributed by atoms with van der Waals surface area (Å²) in [6.45, 7) is 6.82. The average Bonchev–Trinajstić information content (AvgIpc) is 3.43. The number of pyridine rings is 1.